The minimum Gasteiger partial charge on any atom is -0.495 e. The van der Waals surface area contributed by atoms with Crippen LogP contribution >= 0.6 is 0 Å². The average molecular weight is 406 g/mol. The molecular formula is C24H23FN2O3. The highest BCUT2D eigenvalue weighted by molar-refractivity contribution is 6.10. The number of anilines is 1. The molecule has 2 aromatic rings. The number of benzene rings is 2. The molecule has 154 valence electrons. The van der Waals surface area contributed by atoms with Gasteiger partial charge in [-0.1, -0.05) is 30.3 Å². The van der Waals surface area contributed by atoms with Gasteiger partial charge in [0.25, 0.3) is 5.91 Å². The predicted molar refractivity (Wildman–Crippen MR) is 112 cm³/mol. The Morgan fingerprint density at radius 1 is 1.13 bits per heavy atom. The highest BCUT2D eigenvalue weighted by Gasteiger charge is 2.39. The second-order valence-corrected chi connectivity index (χ2v) is 7.44. The summed E-state index contributed by atoms with van der Waals surface area (Å²) in [6.07, 6.45) is 1.83. The SMILES string of the molecule is COc1ccccc1NC(=O)C1=C(C)NC2=C(C(=O)CCC2)[C@H]1c1ccccc1F. The monoisotopic (exact) mass is 406 g/mol. The number of ether oxygens (including phenoxy) is 1. The first-order valence-electron chi connectivity index (χ1n) is 9.94. The van der Waals surface area contributed by atoms with Crippen LogP contribution in [0.3, 0.4) is 0 Å². The van der Waals surface area contributed by atoms with Gasteiger partial charge in [0.1, 0.15) is 11.6 Å². The first-order chi connectivity index (χ1) is 14.5. The standard InChI is InChI=1S/C24H23FN2O3/c1-14-21(24(29)27-17-10-5-6-13-20(17)30-2)22(15-8-3-4-9-16(15)25)23-18(26-14)11-7-12-19(23)28/h3-6,8-10,13,22,26H,7,11-12H2,1-2H3,(H,27,29)/t22-/m0/s1. The van der Waals surface area contributed by atoms with Gasteiger partial charge in [-0.15, -0.1) is 0 Å². The van der Waals surface area contributed by atoms with Crippen molar-refractivity contribution in [3.8, 4) is 5.75 Å². The van der Waals surface area contributed by atoms with Crippen molar-refractivity contribution in [2.75, 3.05) is 12.4 Å². The quantitative estimate of drug-likeness (QED) is 0.788. The molecule has 1 amide bonds. The number of carbonyl (C=O) groups excluding carboxylic acids is 2. The van der Waals surface area contributed by atoms with Crippen LogP contribution in [0.2, 0.25) is 0 Å². The van der Waals surface area contributed by atoms with E-state index < -0.39 is 17.6 Å². The van der Waals surface area contributed by atoms with E-state index in [1.165, 1.54) is 13.2 Å². The lowest BCUT2D eigenvalue weighted by atomic mass is 9.75. The second kappa shape index (κ2) is 8.14. The lowest BCUT2D eigenvalue weighted by molar-refractivity contribution is -0.116. The first kappa shape index (κ1) is 19.9. The van der Waals surface area contributed by atoms with Crippen LogP contribution in [-0.2, 0) is 9.59 Å². The Bertz CT molecular complexity index is 1090. The molecule has 2 N–H and O–H groups in total. The minimum atomic E-state index is -0.759. The van der Waals surface area contributed by atoms with Crippen molar-refractivity contribution < 1.29 is 18.7 Å². The minimum absolute atomic E-state index is 0.0490. The molecule has 6 heteroatoms. The fourth-order valence-corrected chi connectivity index (χ4v) is 4.24. The molecule has 2 aliphatic rings. The fourth-order valence-electron chi connectivity index (χ4n) is 4.24. The summed E-state index contributed by atoms with van der Waals surface area (Å²) in [5.74, 6) is -1.13. The maximum absolute atomic E-state index is 14.8. The highest BCUT2D eigenvalue weighted by Crippen LogP contribution is 2.43. The smallest absolute Gasteiger partial charge is 0.254 e. The van der Waals surface area contributed by atoms with Crippen molar-refractivity contribution in [3.63, 3.8) is 0 Å². The Morgan fingerprint density at radius 2 is 1.87 bits per heavy atom. The van der Waals surface area contributed by atoms with Gasteiger partial charge in [-0.3, -0.25) is 9.59 Å². The van der Waals surface area contributed by atoms with Crippen LogP contribution in [0.5, 0.6) is 5.75 Å². The molecule has 0 bridgehead atoms. The van der Waals surface area contributed by atoms with Gasteiger partial charge in [0.15, 0.2) is 5.78 Å². The van der Waals surface area contributed by atoms with Crippen molar-refractivity contribution in [2.24, 2.45) is 0 Å². The second-order valence-electron chi connectivity index (χ2n) is 7.44. The van der Waals surface area contributed by atoms with Crippen LogP contribution in [0.25, 0.3) is 0 Å². The Kier molecular flexibility index (Phi) is 5.40. The molecule has 2 aromatic carbocycles. The molecule has 0 saturated heterocycles. The third kappa shape index (κ3) is 3.49. The summed E-state index contributed by atoms with van der Waals surface area (Å²) in [5.41, 5.74) is 3.05. The maximum Gasteiger partial charge on any atom is 0.254 e. The van der Waals surface area contributed by atoms with Gasteiger partial charge >= 0.3 is 0 Å². The number of rotatable bonds is 4. The fraction of sp³-hybridized carbons (Fsp3) is 0.250. The van der Waals surface area contributed by atoms with E-state index in [0.29, 0.717) is 46.7 Å². The molecule has 0 fully saturated rings. The van der Waals surface area contributed by atoms with Crippen LogP contribution in [-0.4, -0.2) is 18.8 Å². The lowest BCUT2D eigenvalue weighted by Gasteiger charge is -2.34. The molecule has 5 nitrogen and oxygen atoms in total. The van der Waals surface area contributed by atoms with E-state index in [-0.39, 0.29) is 5.78 Å². The van der Waals surface area contributed by atoms with Crippen molar-refractivity contribution in [1.29, 1.82) is 0 Å². The molecule has 0 spiro atoms. The number of hydrogen-bond acceptors (Lipinski definition) is 4. The summed E-state index contributed by atoms with van der Waals surface area (Å²) >= 11 is 0. The number of amides is 1. The van der Waals surface area contributed by atoms with Crippen LogP contribution in [0.4, 0.5) is 10.1 Å². The maximum atomic E-state index is 14.8. The van der Waals surface area contributed by atoms with E-state index in [9.17, 15) is 14.0 Å². The number of allylic oxidation sites excluding steroid dienone is 3. The highest BCUT2D eigenvalue weighted by atomic mass is 19.1. The third-order valence-electron chi connectivity index (χ3n) is 5.59. The molecule has 1 heterocycles. The van der Waals surface area contributed by atoms with Gasteiger partial charge in [0.2, 0.25) is 0 Å². The number of Topliss-reactive ketones (excluding diaryl/α,β-unsaturated/α-hetero) is 1. The van der Waals surface area contributed by atoms with E-state index in [4.69, 9.17) is 4.74 Å². The summed E-state index contributed by atoms with van der Waals surface area (Å²) in [5, 5.41) is 6.11. The van der Waals surface area contributed by atoms with Gasteiger partial charge in [0.05, 0.1) is 12.8 Å². The number of hydrogen-bond donors (Lipinski definition) is 2. The van der Waals surface area contributed by atoms with E-state index >= 15 is 0 Å². The Morgan fingerprint density at radius 3 is 2.63 bits per heavy atom. The summed E-state index contributed by atoms with van der Waals surface area (Å²) < 4.78 is 20.2. The van der Waals surface area contributed by atoms with E-state index in [0.717, 1.165) is 12.1 Å². The van der Waals surface area contributed by atoms with Crippen molar-refractivity contribution in [1.82, 2.24) is 5.32 Å². The molecule has 1 atom stereocenters. The summed E-state index contributed by atoms with van der Waals surface area (Å²) in [7, 11) is 1.53. The zero-order chi connectivity index (χ0) is 21.3. The zero-order valence-corrected chi connectivity index (χ0v) is 16.9. The van der Waals surface area contributed by atoms with E-state index in [1.807, 2.05) is 0 Å². The summed E-state index contributed by atoms with van der Waals surface area (Å²) in [6.45, 7) is 1.79. The van der Waals surface area contributed by atoms with Gasteiger partial charge in [0, 0.05) is 40.4 Å². The van der Waals surface area contributed by atoms with Crippen LogP contribution in [0, 0.1) is 5.82 Å². The number of carbonyl (C=O) groups is 2. The molecular weight excluding hydrogens is 383 g/mol. The van der Waals surface area contributed by atoms with Crippen molar-refractivity contribution >= 4 is 17.4 Å². The molecule has 4 rings (SSSR count). The number of halogens is 1. The lowest BCUT2D eigenvalue weighted by Crippen LogP contribution is -2.35. The molecule has 1 aliphatic carbocycles. The number of ketones is 1. The molecule has 0 unspecified atom stereocenters. The van der Waals surface area contributed by atoms with Crippen LogP contribution in [0.15, 0.2) is 71.1 Å². The van der Waals surface area contributed by atoms with Crippen molar-refractivity contribution in [2.45, 2.75) is 32.1 Å². The number of para-hydroxylation sites is 2. The van der Waals surface area contributed by atoms with E-state index in [1.54, 1.807) is 49.4 Å². The normalized spacial score (nSPS) is 18.6. The van der Waals surface area contributed by atoms with Crippen molar-refractivity contribution in [3.05, 3.63) is 82.5 Å². The van der Waals surface area contributed by atoms with Gasteiger partial charge < -0.3 is 15.4 Å². The predicted octanol–water partition coefficient (Wildman–Crippen LogP) is 4.44. The molecule has 0 aromatic heterocycles. The van der Waals surface area contributed by atoms with Crippen LogP contribution < -0.4 is 15.4 Å². The average Bonchev–Trinajstić information content (AvgIpc) is 2.73. The number of dihydropyridines is 1. The Labute approximate surface area is 174 Å². The van der Waals surface area contributed by atoms with Crippen LogP contribution in [0.1, 0.15) is 37.7 Å². The number of methoxy groups -OCH3 is 1. The molecule has 0 radical (unpaired) electrons. The zero-order valence-electron chi connectivity index (χ0n) is 16.9. The number of nitrogens with one attached hydrogen (secondary N) is 2. The van der Waals surface area contributed by atoms with E-state index in [2.05, 4.69) is 10.6 Å². The Hall–Kier alpha value is -3.41. The molecule has 1 aliphatic heterocycles. The van der Waals surface area contributed by atoms with Gasteiger partial charge in [-0.25, -0.2) is 4.39 Å². The molecule has 0 saturated carbocycles. The first-order valence-corrected chi connectivity index (χ1v) is 9.94. The largest absolute Gasteiger partial charge is 0.495 e. The molecule has 30 heavy (non-hydrogen) atoms. The summed E-state index contributed by atoms with van der Waals surface area (Å²) in [4.78, 5) is 26.3. The third-order valence-corrected chi connectivity index (χ3v) is 5.59. The Balaban J connectivity index is 1.81. The van der Waals surface area contributed by atoms with Gasteiger partial charge in [-0.05, 0) is 38.0 Å². The topological polar surface area (TPSA) is 67.4 Å². The van der Waals surface area contributed by atoms with Gasteiger partial charge in [-0.2, -0.15) is 0 Å². The summed E-state index contributed by atoms with van der Waals surface area (Å²) in [6, 6.07) is 13.4.